The maximum Gasteiger partial charge on any atom is 0.270 e. The Bertz CT molecular complexity index is 441. The fourth-order valence-electron chi connectivity index (χ4n) is 1.83. The number of rotatable bonds is 7. The molecule has 5 nitrogen and oxygen atoms in total. The van der Waals surface area contributed by atoms with Crippen molar-refractivity contribution in [1.29, 1.82) is 0 Å². The molecular formula is C12H16F2N2O3. The number of hydrogen-bond acceptors (Lipinski definition) is 4. The van der Waals surface area contributed by atoms with Crippen LogP contribution in [0.3, 0.4) is 0 Å². The number of nitrogens with zero attached hydrogens (tertiary/aromatic N) is 2. The Balaban J connectivity index is 3.13. The Morgan fingerprint density at radius 1 is 1.47 bits per heavy atom. The Kier molecular flexibility index (Phi) is 5.62. The number of aliphatic hydroxyl groups excluding tert-OH is 1. The van der Waals surface area contributed by atoms with Gasteiger partial charge in [-0.25, -0.2) is 8.78 Å². The number of nitro benzene ring substituents is 1. The molecule has 0 heterocycles. The van der Waals surface area contributed by atoms with E-state index >= 15 is 0 Å². The van der Waals surface area contributed by atoms with E-state index in [0.717, 1.165) is 6.07 Å². The van der Waals surface area contributed by atoms with Crippen LogP contribution < -0.4 is 4.90 Å². The van der Waals surface area contributed by atoms with Crippen LogP contribution in [0.1, 0.15) is 25.3 Å². The molecule has 0 spiro atoms. The maximum atomic E-state index is 13.0. The predicted molar refractivity (Wildman–Crippen MR) is 67.6 cm³/mol. The van der Waals surface area contributed by atoms with Gasteiger partial charge < -0.3 is 10.0 Å². The molecule has 7 heteroatoms. The summed E-state index contributed by atoms with van der Waals surface area (Å²) in [5.41, 5.74) is -0.428. The number of anilines is 1. The van der Waals surface area contributed by atoms with Gasteiger partial charge in [0.25, 0.3) is 12.1 Å². The van der Waals surface area contributed by atoms with Gasteiger partial charge in [0.05, 0.1) is 4.92 Å². The number of hydrogen-bond donors (Lipinski definition) is 1. The third-order valence-corrected chi connectivity index (χ3v) is 2.77. The van der Waals surface area contributed by atoms with Gasteiger partial charge >= 0.3 is 0 Å². The van der Waals surface area contributed by atoms with E-state index in [1.54, 1.807) is 11.8 Å². The summed E-state index contributed by atoms with van der Waals surface area (Å²) in [6.45, 7) is 2.67. The molecule has 106 valence electrons. The molecule has 0 radical (unpaired) electrons. The van der Waals surface area contributed by atoms with E-state index in [0.29, 0.717) is 19.5 Å². The van der Waals surface area contributed by atoms with E-state index in [9.17, 15) is 18.9 Å². The van der Waals surface area contributed by atoms with Gasteiger partial charge in [0.15, 0.2) is 0 Å². The highest BCUT2D eigenvalue weighted by Gasteiger charge is 2.20. The highest BCUT2D eigenvalue weighted by Crippen LogP contribution is 2.33. The van der Waals surface area contributed by atoms with E-state index in [-0.39, 0.29) is 23.5 Å². The highest BCUT2D eigenvalue weighted by molar-refractivity contribution is 5.58. The number of halogens is 2. The fraction of sp³-hybridized carbons (Fsp3) is 0.500. The molecule has 1 aromatic carbocycles. The predicted octanol–water partition coefficient (Wildman–Crippen LogP) is 2.74. The summed E-state index contributed by atoms with van der Waals surface area (Å²) in [6, 6.07) is 3.45. The number of non-ortho nitro benzene ring substituents is 1. The molecule has 0 aromatic heterocycles. The minimum absolute atomic E-state index is 0.0342. The van der Waals surface area contributed by atoms with Gasteiger partial charge in [-0.15, -0.1) is 0 Å². The smallest absolute Gasteiger partial charge is 0.270 e. The van der Waals surface area contributed by atoms with Crippen LogP contribution in [0.2, 0.25) is 0 Å². The molecule has 0 unspecified atom stereocenters. The van der Waals surface area contributed by atoms with Crippen LogP contribution in [0.25, 0.3) is 0 Å². The SMILES string of the molecule is CCN(CCCO)c1ccc([N+](=O)[O-])cc1C(F)F. The summed E-state index contributed by atoms with van der Waals surface area (Å²) in [7, 11) is 0. The van der Waals surface area contributed by atoms with E-state index < -0.39 is 11.3 Å². The molecule has 0 saturated heterocycles. The molecule has 0 atom stereocenters. The van der Waals surface area contributed by atoms with E-state index in [4.69, 9.17) is 5.11 Å². The van der Waals surface area contributed by atoms with Gasteiger partial charge in [-0.1, -0.05) is 0 Å². The van der Waals surface area contributed by atoms with Crippen LogP contribution >= 0.6 is 0 Å². The fourth-order valence-corrected chi connectivity index (χ4v) is 1.83. The van der Waals surface area contributed by atoms with Crippen molar-refractivity contribution in [2.45, 2.75) is 19.8 Å². The second-order valence-corrected chi connectivity index (χ2v) is 3.96. The minimum atomic E-state index is -2.78. The Hall–Kier alpha value is -1.76. The van der Waals surface area contributed by atoms with Crippen molar-refractivity contribution in [2.75, 3.05) is 24.6 Å². The number of aliphatic hydroxyl groups is 1. The van der Waals surface area contributed by atoms with E-state index in [2.05, 4.69) is 0 Å². The highest BCUT2D eigenvalue weighted by atomic mass is 19.3. The van der Waals surface area contributed by atoms with Crippen LogP contribution in [-0.2, 0) is 0 Å². The van der Waals surface area contributed by atoms with Gasteiger partial charge in [0, 0.05) is 43.1 Å². The molecule has 0 bridgehead atoms. The van der Waals surface area contributed by atoms with Crippen molar-refractivity contribution >= 4 is 11.4 Å². The zero-order valence-electron chi connectivity index (χ0n) is 10.6. The third-order valence-electron chi connectivity index (χ3n) is 2.77. The van der Waals surface area contributed by atoms with Crippen LogP contribution in [0.15, 0.2) is 18.2 Å². The zero-order valence-corrected chi connectivity index (χ0v) is 10.6. The topological polar surface area (TPSA) is 66.6 Å². The normalized spacial score (nSPS) is 10.8. The van der Waals surface area contributed by atoms with Crippen molar-refractivity contribution in [3.05, 3.63) is 33.9 Å². The van der Waals surface area contributed by atoms with E-state index in [1.165, 1.54) is 12.1 Å². The van der Waals surface area contributed by atoms with Gasteiger partial charge in [-0.2, -0.15) is 0 Å². The average molecular weight is 274 g/mol. The molecule has 19 heavy (non-hydrogen) atoms. The lowest BCUT2D eigenvalue weighted by atomic mass is 10.1. The van der Waals surface area contributed by atoms with Crippen molar-refractivity contribution < 1.29 is 18.8 Å². The van der Waals surface area contributed by atoms with Gasteiger partial charge in [-0.05, 0) is 19.4 Å². The second kappa shape index (κ2) is 6.98. The molecule has 0 saturated carbocycles. The molecule has 1 N–H and O–H groups in total. The maximum absolute atomic E-state index is 13.0. The first-order valence-electron chi connectivity index (χ1n) is 5.93. The van der Waals surface area contributed by atoms with E-state index in [1.807, 2.05) is 0 Å². The van der Waals surface area contributed by atoms with Gasteiger partial charge in [-0.3, -0.25) is 10.1 Å². The monoisotopic (exact) mass is 274 g/mol. The lowest BCUT2D eigenvalue weighted by Gasteiger charge is -2.25. The second-order valence-electron chi connectivity index (χ2n) is 3.96. The Morgan fingerprint density at radius 3 is 2.63 bits per heavy atom. The van der Waals surface area contributed by atoms with Crippen molar-refractivity contribution in [3.63, 3.8) is 0 Å². The summed E-state index contributed by atoms with van der Waals surface area (Å²) < 4.78 is 26.0. The first kappa shape index (κ1) is 15.3. The molecule has 0 fully saturated rings. The Labute approximate surface area is 109 Å². The molecule has 0 aliphatic carbocycles. The molecular weight excluding hydrogens is 258 g/mol. The first-order valence-corrected chi connectivity index (χ1v) is 5.93. The van der Waals surface area contributed by atoms with Crippen molar-refractivity contribution in [3.8, 4) is 0 Å². The summed E-state index contributed by atoms with van der Waals surface area (Å²) in [4.78, 5) is 11.6. The standard InChI is InChI=1S/C12H16F2N2O3/c1-2-15(6-3-7-17)11-5-4-9(16(18)19)8-10(11)12(13)14/h4-5,8,12,17H,2-3,6-7H2,1H3. The van der Waals surface area contributed by atoms with Crippen LogP contribution in [0, 0.1) is 10.1 Å². The van der Waals surface area contributed by atoms with Gasteiger partial charge in [0.2, 0.25) is 0 Å². The molecule has 1 rings (SSSR count). The quantitative estimate of drug-likeness (QED) is 0.613. The minimum Gasteiger partial charge on any atom is -0.396 e. The van der Waals surface area contributed by atoms with Crippen LogP contribution in [0.4, 0.5) is 20.2 Å². The summed E-state index contributed by atoms with van der Waals surface area (Å²) in [5, 5.41) is 19.4. The number of alkyl halides is 2. The summed E-state index contributed by atoms with van der Waals surface area (Å²) >= 11 is 0. The van der Waals surface area contributed by atoms with Crippen molar-refractivity contribution in [2.24, 2.45) is 0 Å². The molecule has 0 amide bonds. The third kappa shape index (κ3) is 3.85. The first-order chi connectivity index (χ1) is 9.01. The lowest BCUT2D eigenvalue weighted by Crippen LogP contribution is -2.25. The average Bonchev–Trinajstić information content (AvgIpc) is 2.39. The lowest BCUT2D eigenvalue weighted by molar-refractivity contribution is -0.385. The summed E-state index contributed by atoms with van der Waals surface area (Å²) in [6.07, 6.45) is -2.33. The van der Waals surface area contributed by atoms with Crippen LogP contribution in [-0.4, -0.2) is 29.7 Å². The summed E-state index contributed by atoms with van der Waals surface area (Å²) in [5.74, 6) is 0. The number of nitro groups is 1. The Morgan fingerprint density at radius 2 is 2.16 bits per heavy atom. The largest absolute Gasteiger partial charge is 0.396 e. The van der Waals surface area contributed by atoms with Gasteiger partial charge in [0.1, 0.15) is 0 Å². The molecule has 0 aliphatic rings. The van der Waals surface area contributed by atoms with Crippen molar-refractivity contribution in [1.82, 2.24) is 0 Å². The molecule has 1 aromatic rings. The molecule has 0 aliphatic heterocycles. The zero-order chi connectivity index (χ0) is 14.4. The number of benzene rings is 1. The van der Waals surface area contributed by atoms with Crippen LogP contribution in [0.5, 0.6) is 0 Å².